The Morgan fingerprint density at radius 2 is 2.17 bits per heavy atom. The zero-order valence-corrected chi connectivity index (χ0v) is 12.1. The standard InChI is InChI=1S/C14H16BrNO2/c1-10(2)9-18-14(17)8-16-6-5-11-7-12(15)3-4-13(11)16/h3-7,10H,8-9H2,1-2H3. The van der Waals surface area contributed by atoms with Crippen LogP contribution in [-0.4, -0.2) is 17.1 Å². The fourth-order valence-electron chi connectivity index (χ4n) is 1.75. The molecule has 0 aliphatic carbocycles. The third kappa shape index (κ3) is 3.13. The van der Waals surface area contributed by atoms with E-state index in [0.29, 0.717) is 12.5 Å². The number of rotatable bonds is 4. The molecule has 0 saturated carbocycles. The van der Waals surface area contributed by atoms with Crippen LogP contribution in [0.5, 0.6) is 0 Å². The van der Waals surface area contributed by atoms with Gasteiger partial charge in [0.15, 0.2) is 0 Å². The Hall–Kier alpha value is -1.29. The summed E-state index contributed by atoms with van der Waals surface area (Å²) < 4.78 is 8.12. The summed E-state index contributed by atoms with van der Waals surface area (Å²) in [5.41, 5.74) is 1.04. The van der Waals surface area contributed by atoms with Gasteiger partial charge in [-0.25, -0.2) is 0 Å². The number of fused-ring (bicyclic) bond motifs is 1. The Balaban J connectivity index is 2.10. The van der Waals surface area contributed by atoms with Crippen LogP contribution in [0, 0.1) is 5.92 Å². The van der Waals surface area contributed by atoms with Crippen LogP contribution in [0.2, 0.25) is 0 Å². The Labute approximate surface area is 115 Å². The van der Waals surface area contributed by atoms with Gasteiger partial charge in [0.05, 0.1) is 6.61 Å². The molecule has 2 aromatic rings. The summed E-state index contributed by atoms with van der Waals surface area (Å²) in [5.74, 6) is 0.176. The summed E-state index contributed by atoms with van der Waals surface area (Å²) in [6.45, 7) is 4.78. The summed E-state index contributed by atoms with van der Waals surface area (Å²) in [7, 11) is 0. The van der Waals surface area contributed by atoms with Crippen molar-refractivity contribution in [3.05, 3.63) is 34.9 Å². The van der Waals surface area contributed by atoms with E-state index in [-0.39, 0.29) is 12.5 Å². The first-order valence-corrected chi connectivity index (χ1v) is 6.75. The second-order valence-electron chi connectivity index (χ2n) is 4.72. The van der Waals surface area contributed by atoms with E-state index in [4.69, 9.17) is 4.74 Å². The Morgan fingerprint density at radius 3 is 2.89 bits per heavy atom. The van der Waals surface area contributed by atoms with Gasteiger partial charge in [-0.15, -0.1) is 0 Å². The molecule has 0 atom stereocenters. The van der Waals surface area contributed by atoms with E-state index in [1.165, 1.54) is 0 Å². The fourth-order valence-corrected chi connectivity index (χ4v) is 2.13. The maximum Gasteiger partial charge on any atom is 0.325 e. The zero-order valence-electron chi connectivity index (χ0n) is 10.5. The molecule has 4 heteroatoms. The summed E-state index contributed by atoms with van der Waals surface area (Å²) in [6.07, 6.45) is 1.91. The lowest BCUT2D eigenvalue weighted by Gasteiger charge is -2.08. The molecule has 0 unspecified atom stereocenters. The minimum Gasteiger partial charge on any atom is -0.464 e. The number of nitrogens with zero attached hydrogens (tertiary/aromatic N) is 1. The minimum atomic E-state index is -0.191. The van der Waals surface area contributed by atoms with Crippen molar-refractivity contribution in [3.63, 3.8) is 0 Å². The van der Waals surface area contributed by atoms with Crippen LogP contribution < -0.4 is 0 Å². The molecule has 0 bridgehead atoms. The van der Waals surface area contributed by atoms with Gasteiger partial charge in [-0.2, -0.15) is 0 Å². The van der Waals surface area contributed by atoms with Crippen molar-refractivity contribution in [1.29, 1.82) is 0 Å². The molecule has 0 aliphatic rings. The molecule has 0 N–H and O–H groups in total. The van der Waals surface area contributed by atoms with Crippen molar-refractivity contribution in [2.45, 2.75) is 20.4 Å². The molecule has 18 heavy (non-hydrogen) atoms. The van der Waals surface area contributed by atoms with E-state index in [2.05, 4.69) is 15.9 Å². The largest absolute Gasteiger partial charge is 0.464 e. The average molecular weight is 310 g/mol. The molecule has 2 rings (SSSR count). The maximum atomic E-state index is 11.7. The third-order valence-corrected chi connectivity index (χ3v) is 3.10. The van der Waals surface area contributed by atoms with Crippen LogP contribution >= 0.6 is 15.9 Å². The SMILES string of the molecule is CC(C)COC(=O)Cn1ccc2cc(Br)ccc21. The fraction of sp³-hybridized carbons (Fsp3) is 0.357. The van der Waals surface area contributed by atoms with Crippen LogP contribution in [0.25, 0.3) is 10.9 Å². The number of benzene rings is 1. The van der Waals surface area contributed by atoms with Gasteiger partial charge < -0.3 is 9.30 Å². The third-order valence-electron chi connectivity index (χ3n) is 2.61. The normalized spacial score (nSPS) is 11.1. The lowest BCUT2D eigenvalue weighted by molar-refractivity contribution is -0.145. The summed E-state index contributed by atoms with van der Waals surface area (Å²) in [5, 5.41) is 1.11. The van der Waals surface area contributed by atoms with Gasteiger partial charge in [0, 0.05) is 21.6 Å². The van der Waals surface area contributed by atoms with E-state index < -0.39 is 0 Å². The maximum absolute atomic E-state index is 11.7. The van der Waals surface area contributed by atoms with E-state index >= 15 is 0 Å². The van der Waals surface area contributed by atoms with Crippen molar-refractivity contribution in [2.75, 3.05) is 6.61 Å². The molecule has 1 heterocycles. The molecule has 0 saturated heterocycles. The number of ether oxygens (including phenoxy) is 1. The lowest BCUT2D eigenvalue weighted by atomic mass is 10.2. The number of carbonyl (C=O) groups is 1. The first-order valence-electron chi connectivity index (χ1n) is 5.96. The topological polar surface area (TPSA) is 31.2 Å². The van der Waals surface area contributed by atoms with Gasteiger partial charge in [0.2, 0.25) is 0 Å². The van der Waals surface area contributed by atoms with Crippen molar-refractivity contribution in [1.82, 2.24) is 4.57 Å². The highest BCUT2D eigenvalue weighted by Gasteiger charge is 2.08. The predicted octanol–water partition coefficient (Wildman–Crippen LogP) is 3.60. The first-order chi connectivity index (χ1) is 8.56. The number of aromatic nitrogens is 1. The van der Waals surface area contributed by atoms with E-state index in [1.54, 1.807) is 0 Å². The van der Waals surface area contributed by atoms with E-state index in [1.807, 2.05) is 48.9 Å². The van der Waals surface area contributed by atoms with Gasteiger partial charge in [-0.1, -0.05) is 29.8 Å². The average Bonchev–Trinajstić information content (AvgIpc) is 2.69. The number of halogens is 1. The van der Waals surface area contributed by atoms with Gasteiger partial charge in [-0.3, -0.25) is 4.79 Å². The van der Waals surface area contributed by atoms with E-state index in [0.717, 1.165) is 15.4 Å². The molecule has 0 amide bonds. The zero-order chi connectivity index (χ0) is 13.1. The molecule has 0 spiro atoms. The number of hydrogen-bond acceptors (Lipinski definition) is 2. The van der Waals surface area contributed by atoms with Crippen molar-refractivity contribution in [2.24, 2.45) is 5.92 Å². The highest BCUT2D eigenvalue weighted by molar-refractivity contribution is 9.10. The quantitative estimate of drug-likeness (QED) is 0.808. The second kappa shape index (κ2) is 5.57. The Kier molecular flexibility index (Phi) is 4.07. The van der Waals surface area contributed by atoms with Gasteiger partial charge in [-0.05, 0) is 30.2 Å². The smallest absolute Gasteiger partial charge is 0.325 e. The first kappa shape index (κ1) is 13.1. The van der Waals surface area contributed by atoms with Crippen LogP contribution in [0.3, 0.4) is 0 Å². The molecule has 1 aromatic carbocycles. The highest BCUT2D eigenvalue weighted by Crippen LogP contribution is 2.20. The minimum absolute atomic E-state index is 0.191. The van der Waals surface area contributed by atoms with Gasteiger partial charge in [0.1, 0.15) is 6.54 Å². The molecule has 0 fully saturated rings. The molecular formula is C14H16BrNO2. The van der Waals surface area contributed by atoms with E-state index in [9.17, 15) is 4.79 Å². The molecule has 3 nitrogen and oxygen atoms in total. The monoisotopic (exact) mass is 309 g/mol. The molecule has 0 aliphatic heterocycles. The molecule has 96 valence electrons. The summed E-state index contributed by atoms with van der Waals surface area (Å²) in [6, 6.07) is 7.99. The number of esters is 1. The Morgan fingerprint density at radius 1 is 1.39 bits per heavy atom. The van der Waals surface area contributed by atoms with Crippen LogP contribution in [-0.2, 0) is 16.1 Å². The molecule has 0 radical (unpaired) electrons. The van der Waals surface area contributed by atoms with Crippen LogP contribution in [0.15, 0.2) is 34.9 Å². The summed E-state index contributed by atoms with van der Waals surface area (Å²) in [4.78, 5) is 11.7. The number of carbonyl (C=O) groups excluding carboxylic acids is 1. The number of hydrogen-bond donors (Lipinski definition) is 0. The predicted molar refractivity (Wildman–Crippen MR) is 75.4 cm³/mol. The lowest BCUT2D eigenvalue weighted by Crippen LogP contribution is -2.15. The van der Waals surface area contributed by atoms with Crippen molar-refractivity contribution < 1.29 is 9.53 Å². The summed E-state index contributed by atoms with van der Waals surface area (Å²) >= 11 is 3.43. The highest BCUT2D eigenvalue weighted by atomic mass is 79.9. The Bertz CT molecular complexity index is 560. The molecule has 1 aromatic heterocycles. The van der Waals surface area contributed by atoms with Gasteiger partial charge >= 0.3 is 5.97 Å². The van der Waals surface area contributed by atoms with Crippen LogP contribution in [0.1, 0.15) is 13.8 Å². The second-order valence-corrected chi connectivity index (χ2v) is 5.64. The van der Waals surface area contributed by atoms with Crippen molar-refractivity contribution >= 4 is 32.8 Å². The van der Waals surface area contributed by atoms with Gasteiger partial charge in [0.25, 0.3) is 0 Å². The van der Waals surface area contributed by atoms with Crippen molar-refractivity contribution in [3.8, 4) is 0 Å². The molecular weight excluding hydrogens is 294 g/mol. The van der Waals surface area contributed by atoms with Crippen LogP contribution in [0.4, 0.5) is 0 Å².